The maximum Gasteiger partial charge on any atom is 0.170 e. The molecule has 3 nitrogen and oxygen atoms in total. The fourth-order valence-corrected chi connectivity index (χ4v) is 1.24. The lowest BCUT2D eigenvalue weighted by atomic mass is 10.3. The lowest BCUT2D eigenvalue weighted by molar-refractivity contribution is 0.314. The van der Waals surface area contributed by atoms with E-state index in [0.29, 0.717) is 9.99 Å². The summed E-state index contributed by atoms with van der Waals surface area (Å²) in [6.45, 7) is 0. The summed E-state index contributed by atoms with van der Waals surface area (Å²) in [7, 11) is 0. The Labute approximate surface area is 69.3 Å². The lowest BCUT2D eigenvalue weighted by Gasteiger charge is -1.88. The SMILES string of the molecule is Fc1cc(Br)cc2nonc12. The van der Waals surface area contributed by atoms with E-state index in [4.69, 9.17) is 0 Å². The molecule has 0 aliphatic heterocycles. The summed E-state index contributed by atoms with van der Waals surface area (Å²) in [6.07, 6.45) is 0. The summed E-state index contributed by atoms with van der Waals surface area (Å²) in [4.78, 5) is 0. The van der Waals surface area contributed by atoms with E-state index in [-0.39, 0.29) is 5.52 Å². The van der Waals surface area contributed by atoms with Gasteiger partial charge in [-0.1, -0.05) is 15.9 Å². The average Bonchev–Trinajstić information content (AvgIpc) is 2.34. The Morgan fingerprint density at radius 3 is 3.00 bits per heavy atom. The van der Waals surface area contributed by atoms with Crippen molar-refractivity contribution in [2.45, 2.75) is 0 Å². The minimum atomic E-state index is -0.435. The van der Waals surface area contributed by atoms with Crippen LogP contribution in [0.4, 0.5) is 4.39 Å². The first-order valence-corrected chi connectivity index (χ1v) is 3.64. The smallest absolute Gasteiger partial charge is 0.170 e. The number of nitrogens with zero attached hydrogens (tertiary/aromatic N) is 2. The Morgan fingerprint density at radius 1 is 1.36 bits per heavy atom. The van der Waals surface area contributed by atoms with Crippen molar-refractivity contribution in [2.24, 2.45) is 0 Å². The van der Waals surface area contributed by atoms with Crippen molar-refractivity contribution in [1.82, 2.24) is 10.3 Å². The normalized spacial score (nSPS) is 10.7. The number of rotatable bonds is 0. The second-order valence-corrected chi connectivity index (χ2v) is 2.94. The van der Waals surface area contributed by atoms with Crippen LogP contribution in [0.25, 0.3) is 11.0 Å². The molecular weight excluding hydrogens is 215 g/mol. The van der Waals surface area contributed by atoms with E-state index in [1.807, 2.05) is 0 Å². The standard InChI is InChI=1S/C6H2BrFN2O/c7-3-1-4(8)6-5(2-3)9-11-10-6/h1-2H. The first-order valence-electron chi connectivity index (χ1n) is 2.85. The topological polar surface area (TPSA) is 38.9 Å². The van der Waals surface area contributed by atoms with Gasteiger partial charge in [0.05, 0.1) is 0 Å². The number of hydrogen-bond acceptors (Lipinski definition) is 3. The van der Waals surface area contributed by atoms with Crippen molar-refractivity contribution in [3.63, 3.8) is 0 Å². The highest BCUT2D eigenvalue weighted by Crippen LogP contribution is 2.19. The van der Waals surface area contributed by atoms with E-state index < -0.39 is 5.82 Å². The molecule has 0 atom stereocenters. The van der Waals surface area contributed by atoms with Gasteiger partial charge in [-0.2, -0.15) is 0 Å². The molecule has 11 heavy (non-hydrogen) atoms. The van der Waals surface area contributed by atoms with E-state index in [1.54, 1.807) is 6.07 Å². The van der Waals surface area contributed by atoms with Gasteiger partial charge in [-0.15, -0.1) is 0 Å². The number of benzene rings is 1. The van der Waals surface area contributed by atoms with Crippen molar-refractivity contribution in [3.8, 4) is 0 Å². The van der Waals surface area contributed by atoms with Crippen LogP contribution in [0.15, 0.2) is 21.2 Å². The van der Waals surface area contributed by atoms with Gasteiger partial charge < -0.3 is 0 Å². The number of halogens is 2. The quantitative estimate of drug-likeness (QED) is 0.678. The fourth-order valence-electron chi connectivity index (χ4n) is 0.818. The minimum absolute atomic E-state index is 0.160. The number of aromatic nitrogens is 2. The van der Waals surface area contributed by atoms with Gasteiger partial charge in [0.2, 0.25) is 0 Å². The highest BCUT2D eigenvalue weighted by atomic mass is 79.9. The Balaban J connectivity index is 2.91. The molecule has 0 radical (unpaired) electrons. The third kappa shape index (κ3) is 1.01. The molecule has 1 aromatic carbocycles. The second-order valence-electron chi connectivity index (χ2n) is 2.02. The monoisotopic (exact) mass is 216 g/mol. The van der Waals surface area contributed by atoms with Crippen LogP contribution in [-0.4, -0.2) is 10.3 Å². The first-order chi connectivity index (χ1) is 5.27. The molecule has 2 rings (SSSR count). The molecule has 5 heteroatoms. The lowest BCUT2D eigenvalue weighted by Crippen LogP contribution is -1.77. The van der Waals surface area contributed by atoms with Crippen molar-refractivity contribution < 1.29 is 9.02 Å². The molecule has 0 aliphatic rings. The Morgan fingerprint density at radius 2 is 2.18 bits per heavy atom. The van der Waals surface area contributed by atoms with Gasteiger partial charge in [0.1, 0.15) is 5.52 Å². The molecule has 0 N–H and O–H groups in total. The predicted molar refractivity (Wildman–Crippen MR) is 39.5 cm³/mol. The molecule has 1 aromatic heterocycles. The van der Waals surface area contributed by atoms with E-state index in [0.717, 1.165) is 0 Å². The molecule has 1 heterocycles. The van der Waals surface area contributed by atoms with Crippen LogP contribution in [0, 0.1) is 5.82 Å². The van der Waals surface area contributed by atoms with Crippen molar-refractivity contribution in [2.75, 3.05) is 0 Å². The maximum atomic E-state index is 12.9. The predicted octanol–water partition coefficient (Wildman–Crippen LogP) is 2.12. The van der Waals surface area contributed by atoms with Gasteiger partial charge in [-0.3, -0.25) is 0 Å². The summed E-state index contributed by atoms with van der Waals surface area (Å²) in [5, 5.41) is 6.86. The van der Waals surface area contributed by atoms with Crippen LogP contribution in [0.3, 0.4) is 0 Å². The zero-order valence-corrected chi connectivity index (χ0v) is 6.80. The highest BCUT2D eigenvalue weighted by Gasteiger charge is 2.06. The summed E-state index contributed by atoms with van der Waals surface area (Å²) in [6, 6.07) is 2.95. The molecule has 0 fully saturated rings. The van der Waals surface area contributed by atoms with Gasteiger partial charge in [0.25, 0.3) is 0 Å². The van der Waals surface area contributed by atoms with Gasteiger partial charge in [0, 0.05) is 4.47 Å². The molecule has 0 unspecified atom stereocenters. The van der Waals surface area contributed by atoms with Crippen LogP contribution in [-0.2, 0) is 0 Å². The van der Waals surface area contributed by atoms with E-state index in [9.17, 15) is 4.39 Å². The molecule has 0 amide bonds. The molecule has 0 saturated carbocycles. The fraction of sp³-hybridized carbons (Fsp3) is 0. The van der Waals surface area contributed by atoms with Gasteiger partial charge in [-0.25, -0.2) is 9.02 Å². The second kappa shape index (κ2) is 2.27. The van der Waals surface area contributed by atoms with Crippen LogP contribution in [0.2, 0.25) is 0 Å². The third-order valence-corrected chi connectivity index (χ3v) is 1.74. The average molecular weight is 217 g/mol. The summed E-state index contributed by atoms with van der Waals surface area (Å²) < 4.78 is 17.9. The van der Waals surface area contributed by atoms with Crippen molar-refractivity contribution in [1.29, 1.82) is 0 Å². The first kappa shape index (κ1) is 6.72. The summed E-state index contributed by atoms with van der Waals surface area (Å²) in [5.41, 5.74) is 0.574. The minimum Gasteiger partial charge on any atom is -0.243 e. The summed E-state index contributed by atoms with van der Waals surface area (Å²) in [5.74, 6) is -0.435. The van der Waals surface area contributed by atoms with E-state index in [2.05, 4.69) is 30.9 Å². The Hall–Kier alpha value is -0.970. The van der Waals surface area contributed by atoms with Gasteiger partial charge in [-0.05, 0) is 22.4 Å². The third-order valence-electron chi connectivity index (χ3n) is 1.28. The Kier molecular flexibility index (Phi) is 1.38. The largest absolute Gasteiger partial charge is 0.243 e. The highest BCUT2D eigenvalue weighted by molar-refractivity contribution is 9.10. The van der Waals surface area contributed by atoms with Crippen LogP contribution in [0.1, 0.15) is 0 Å². The Bertz CT molecular complexity index is 400. The molecule has 0 bridgehead atoms. The maximum absolute atomic E-state index is 12.9. The van der Waals surface area contributed by atoms with Gasteiger partial charge >= 0.3 is 0 Å². The van der Waals surface area contributed by atoms with Gasteiger partial charge in [0.15, 0.2) is 11.3 Å². The van der Waals surface area contributed by atoms with Crippen LogP contribution in [0.5, 0.6) is 0 Å². The molecule has 0 spiro atoms. The number of fused-ring (bicyclic) bond motifs is 1. The van der Waals surface area contributed by atoms with E-state index >= 15 is 0 Å². The molecule has 2 aromatic rings. The molecule has 0 aliphatic carbocycles. The number of hydrogen-bond donors (Lipinski definition) is 0. The van der Waals surface area contributed by atoms with Crippen LogP contribution < -0.4 is 0 Å². The van der Waals surface area contributed by atoms with E-state index in [1.165, 1.54) is 6.07 Å². The zero-order valence-electron chi connectivity index (χ0n) is 5.21. The molecule has 0 saturated heterocycles. The van der Waals surface area contributed by atoms with Crippen molar-refractivity contribution >= 4 is 27.0 Å². The zero-order chi connectivity index (χ0) is 7.84. The summed E-state index contributed by atoms with van der Waals surface area (Å²) >= 11 is 3.12. The van der Waals surface area contributed by atoms with Crippen LogP contribution >= 0.6 is 15.9 Å². The molecule has 56 valence electrons. The van der Waals surface area contributed by atoms with Crippen molar-refractivity contribution in [3.05, 3.63) is 22.4 Å². The molecular formula is C6H2BrFN2O.